The van der Waals surface area contributed by atoms with Gasteiger partial charge in [-0.2, -0.15) is 0 Å². The monoisotopic (exact) mass is 512 g/mol. The third-order valence-electron chi connectivity index (χ3n) is 5.44. The Bertz CT molecular complexity index is 1480. The molecular formula is C24H18Cl2N4O3S. The zero-order chi connectivity index (χ0) is 23.9. The maximum absolute atomic E-state index is 12.9. The Morgan fingerprint density at radius 3 is 2.32 bits per heavy atom. The fourth-order valence-corrected chi connectivity index (χ4v) is 5.01. The third-order valence-corrected chi connectivity index (χ3v) is 7.57. The highest BCUT2D eigenvalue weighted by Crippen LogP contribution is 2.30. The zero-order valence-corrected chi connectivity index (χ0v) is 19.9. The summed E-state index contributed by atoms with van der Waals surface area (Å²) >= 11 is 12.1. The molecule has 0 amide bonds. The van der Waals surface area contributed by atoms with Crippen molar-refractivity contribution in [2.24, 2.45) is 0 Å². The molecule has 0 aliphatic carbocycles. The minimum absolute atomic E-state index is 0.134. The standard InChI is InChI=1S/C24H18Cl2N4O3S/c25-21-10-3-16(13-22(21)26)15-1-8-19(9-2-15)34(31,32)29-17-4-6-18(7-5-17)30-14-28-24-20(23(30)27)11-12-33-24/h1-13,27-29H,14H2. The second-order valence-electron chi connectivity index (χ2n) is 7.58. The van der Waals surface area contributed by atoms with Gasteiger partial charge < -0.3 is 14.6 Å². The van der Waals surface area contributed by atoms with Gasteiger partial charge in [-0.15, -0.1) is 0 Å². The maximum Gasteiger partial charge on any atom is 0.261 e. The smallest absolute Gasteiger partial charge is 0.261 e. The first-order valence-electron chi connectivity index (χ1n) is 10.2. The average molecular weight is 513 g/mol. The molecule has 10 heteroatoms. The SMILES string of the molecule is N=C1c2ccoc2NCN1c1ccc(NS(=O)(=O)c2ccc(-c3ccc(Cl)c(Cl)c3)cc2)cc1. The van der Waals surface area contributed by atoms with Crippen LogP contribution < -0.4 is 14.9 Å². The molecule has 5 rings (SSSR count). The first-order valence-corrected chi connectivity index (χ1v) is 12.4. The van der Waals surface area contributed by atoms with Gasteiger partial charge in [0.1, 0.15) is 5.84 Å². The topological polar surface area (TPSA) is 98.4 Å². The van der Waals surface area contributed by atoms with Gasteiger partial charge in [0.15, 0.2) is 0 Å². The molecule has 0 spiro atoms. The summed E-state index contributed by atoms with van der Waals surface area (Å²) in [5.41, 5.74) is 3.49. The number of halogens is 2. The number of nitrogens with zero attached hydrogens (tertiary/aromatic N) is 1. The van der Waals surface area contributed by atoms with Gasteiger partial charge in [0.05, 0.1) is 33.4 Å². The van der Waals surface area contributed by atoms with Gasteiger partial charge in [0.2, 0.25) is 5.88 Å². The fraction of sp³-hybridized carbons (Fsp3) is 0.0417. The molecule has 1 aromatic heterocycles. The molecule has 2 heterocycles. The van der Waals surface area contributed by atoms with Gasteiger partial charge in [-0.25, -0.2) is 8.42 Å². The van der Waals surface area contributed by atoms with Crippen molar-refractivity contribution >= 4 is 56.3 Å². The van der Waals surface area contributed by atoms with Gasteiger partial charge in [-0.3, -0.25) is 10.1 Å². The van der Waals surface area contributed by atoms with E-state index in [0.717, 1.165) is 16.8 Å². The van der Waals surface area contributed by atoms with E-state index in [4.69, 9.17) is 33.0 Å². The number of hydrogen-bond donors (Lipinski definition) is 3. The second kappa shape index (κ2) is 8.72. The summed E-state index contributed by atoms with van der Waals surface area (Å²) in [5.74, 6) is 0.869. The molecule has 3 aromatic carbocycles. The Labute approximate surface area is 206 Å². The highest BCUT2D eigenvalue weighted by molar-refractivity contribution is 7.92. The molecule has 34 heavy (non-hydrogen) atoms. The van der Waals surface area contributed by atoms with Crippen molar-refractivity contribution in [3.8, 4) is 11.1 Å². The van der Waals surface area contributed by atoms with Gasteiger partial charge in [-0.05, 0) is 65.7 Å². The molecule has 4 aromatic rings. The summed E-state index contributed by atoms with van der Waals surface area (Å²) in [7, 11) is -3.79. The van der Waals surface area contributed by atoms with Crippen molar-refractivity contribution in [2.75, 3.05) is 21.6 Å². The lowest BCUT2D eigenvalue weighted by molar-refractivity contribution is 0.577. The van der Waals surface area contributed by atoms with Crippen LogP contribution in [0.3, 0.4) is 0 Å². The molecule has 0 unspecified atom stereocenters. The van der Waals surface area contributed by atoms with Crippen molar-refractivity contribution in [1.82, 2.24) is 0 Å². The van der Waals surface area contributed by atoms with Crippen LogP contribution in [0, 0.1) is 5.41 Å². The largest absolute Gasteiger partial charge is 0.448 e. The van der Waals surface area contributed by atoms with Gasteiger partial charge in [-0.1, -0.05) is 41.4 Å². The Hall–Kier alpha value is -3.46. The van der Waals surface area contributed by atoms with Crippen molar-refractivity contribution in [3.05, 3.63) is 94.7 Å². The van der Waals surface area contributed by atoms with Crippen LogP contribution in [-0.2, 0) is 10.0 Å². The molecule has 0 fully saturated rings. The van der Waals surface area contributed by atoms with Gasteiger partial charge >= 0.3 is 0 Å². The number of benzene rings is 3. The lowest BCUT2D eigenvalue weighted by atomic mass is 10.1. The summed E-state index contributed by atoms with van der Waals surface area (Å²) < 4.78 is 33.7. The van der Waals surface area contributed by atoms with Crippen LogP contribution in [0.4, 0.5) is 17.3 Å². The highest BCUT2D eigenvalue weighted by atomic mass is 35.5. The first kappa shape index (κ1) is 22.3. The fourth-order valence-electron chi connectivity index (χ4n) is 3.65. The molecule has 0 bridgehead atoms. The number of amidine groups is 1. The van der Waals surface area contributed by atoms with Crippen LogP contribution in [0.25, 0.3) is 11.1 Å². The normalized spacial score (nSPS) is 13.4. The van der Waals surface area contributed by atoms with Crippen LogP contribution in [0.5, 0.6) is 0 Å². The second-order valence-corrected chi connectivity index (χ2v) is 10.1. The number of rotatable bonds is 5. The highest BCUT2D eigenvalue weighted by Gasteiger charge is 2.24. The van der Waals surface area contributed by atoms with E-state index in [0.29, 0.717) is 39.7 Å². The predicted molar refractivity (Wildman–Crippen MR) is 136 cm³/mol. The summed E-state index contributed by atoms with van der Waals surface area (Å²) in [4.78, 5) is 1.90. The minimum Gasteiger partial charge on any atom is -0.448 e. The Morgan fingerprint density at radius 2 is 1.62 bits per heavy atom. The molecule has 0 saturated carbocycles. The Morgan fingerprint density at radius 1 is 0.912 bits per heavy atom. The Kier molecular flexibility index (Phi) is 5.73. The van der Waals surface area contributed by atoms with E-state index in [2.05, 4.69) is 10.0 Å². The van der Waals surface area contributed by atoms with E-state index in [1.54, 1.807) is 59.5 Å². The van der Waals surface area contributed by atoms with E-state index in [1.807, 2.05) is 6.07 Å². The van der Waals surface area contributed by atoms with Crippen molar-refractivity contribution in [3.63, 3.8) is 0 Å². The summed E-state index contributed by atoms with van der Waals surface area (Å²) in [5, 5.41) is 12.4. The van der Waals surface area contributed by atoms with Crippen molar-refractivity contribution < 1.29 is 12.8 Å². The molecule has 1 aliphatic rings. The Balaban J connectivity index is 1.31. The maximum atomic E-state index is 12.9. The van der Waals surface area contributed by atoms with Crippen LogP contribution in [0.2, 0.25) is 10.0 Å². The lowest BCUT2D eigenvalue weighted by Gasteiger charge is -2.29. The van der Waals surface area contributed by atoms with Gasteiger partial charge in [0.25, 0.3) is 10.0 Å². The molecule has 0 radical (unpaired) electrons. The van der Waals surface area contributed by atoms with Crippen LogP contribution >= 0.6 is 23.2 Å². The van der Waals surface area contributed by atoms with E-state index in [9.17, 15) is 8.42 Å². The predicted octanol–water partition coefficient (Wildman–Crippen LogP) is 6.27. The summed E-state index contributed by atoms with van der Waals surface area (Å²) in [6.45, 7) is 0.371. The molecular weight excluding hydrogens is 495 g/mol. The van der Waals surface area contributed by atoms with Crippen LogP contribution in [0.15, 0.2) is 88.4 Å². The van der Waals surface area contributed by atoms with Crippen LogP contribution in [-0.4, -0.2) is 20.9 Å². The molecule has 3 N–H and O–H groups in total. The number of furan rings is 1. The third kappa shape index (κ3) is 4.23. The van der Waals surface area contributed by atoms with Gasteiger partial charge in [0, 0.05) is 11.4 Å². The molecule has 7 nitrogen and oxygen atoms in total. The zero-order valence-electron chi connectivity index (χ0n) is 17.5. The van der Waals surface area contributed by atoms with E-state index in [1.165, 1.54) is 18.4 Å². The quantitative estimate of drug-likeness (QED) is 0.292. The van der Waals surface area contributed by atoms with E-state index >= 15 is 0 Å². The molecule has 0 atom stereocenters. The average Bonchev–Trinajstić information content (AvgIpc) is 3.32. The minimum atomic E-state index is -3.79. The number of fused-ring (bicyclic) bond motifs is 1. The molecule has 1 aliphatic heterocycles. The number of sulfonamides is 1. The van der Waals surface area contributed by atoms with E-state index < -0.39 is 10.0 Å². The first-order chi connectivity index (χ1) is 16.3. The van der Waals surface area contributed by atoms with E-state index in [-0.39, 0.29) is 4.90 Å². The number of hydrogen-bond acceptors (Lipinski definition) is 5. The van der Waals surface area contributed by atoms with Crippen LogP contribution in [0.1, 0.15) is 5.56 Å². The molecule has 0 saturated heterocycles. The number of nitrogens with one attached hydrogen (secondary N) is 3. The van der Waals surface area contributed by atoms with Crippen molar-refractivity contribution in [2.45, 2.75) is 4.90 Å². The lowest BCUT2D eigenvalue weighted by Crippen LogP contribution is -2.39. The molecule has 172 valence electrons. The summed E-state index contributed by atoms with van der Waals surface area (Å²) in [6, 6.07) is 20.3. The number of anilines is 3. The summed E-state index contributed by atoms with van der Waals surface area (Å²) in [6.07, 6.45) is 1.53. The van der Waals surface area contributed by atoms with Crippen molar-refractivity contribution in [1.29, 1.82) is 5.41 Å².